The van der Waals surface area contributed by atoms with E-state index in [2.05, 4.69) is 10.3 Å². The van der Waals surface area contributed by atoms with Crippen LogP contribution in [0.5, 0.6) is 0 Å². The van der Waals surface area contributed by atoms with Crippen LogP contribution in [0.3, 0.4) is 0 Å². The van der Waals surface area contributed by atoms with Gasteiger partial charge >= 0.3 is 5.97 Å². The van der Waals surface area contributed by atoms with Gasteiger partial charge in [-0.05, 0) is 54.2 Å². The predicted octanol–water partition coefficient (Wildman–Crippen LogP) is 3.54. The Kier molecular flexibility index (Phi) is 7.90. The highest BCUT2D eigenvalue weighted by Crippen LogP contribution is 2.26. The molecule has 2 aromatic carbocycles. The number of benzene rings is 2. The highest BCUT2D eigenvalue weighted by atomic mass is 16.5. The SMILES string of the molecule is COC(=O)c1cncc(CN(C)C(=O)c2ccc(CC3CCC(C(O)c4ccccc4)N3)cc2)c1. The molecule has 0 bridgehead atoms. The molecule has 1 amide bonds. The number of aliphatic hydroxyl groups excluding tert-OH is 1. The number of aromatic nitrogens is 1. The van der Waals surface area contributed by atoms with Crippen molar-refractivity contribution >= 4 is 11.9 Å². The molecule has 0 spiro atoms. The summed E-state index contributed by atoms with van der Waals surface area (Å²) in [6, 6.07) is 19.5. The first-order chi connectivity index (χ1) is 16.9. The normalized spacial score (nSPS) is 18.1. The number of amides is 1. The second kappa shape index (κ2) is 11.3. The van der Waals surface area contributed by atoms with Crippen molar-refractivity contribution in [2.24, 2.45) is 0 Å². The molecule has 1 saturated heterocycles. The number of aliphatic hydroxyl groups is 1. The lowest BCUT2D eigenvalue weighted by molar-refractivity contribution is 0.0600. The van der Waals surface area contributed by atoms with Crippen LogP contribution in [-0.4, -0.2) is 53.1 Å². The number of carbonyl (C=O) groups is 2. The van der Waals surface area contributed by atoms with E-state index < -0.39 is 12.1 Å². The first-order valence-electron chi connectivity index (χ1n) is 11.8. The van der Waals surface area contributed by atoms with E-state index >= 15 is 0 Å². The minimum atomic E-state index is -0.514. The van der Waals surface area contributed by atoms with Gasteiger partial charge in [-0.1, -0.05) is 42.5 Å². The number of carbonyl (C=O) groups excluding carboxylic acids is 2. The number of hydrogen-bond acceptors (Lipinski definition) is 6. The third kappa shape index (κ3) is 6.12. The highest BCUT2D eigenvalue weighted by molar-refractivity contribution is 5.94. The molecule has 2 heterocycles. The number of ether oxygens (including phenoxy) is 1. The average Bonchev–Trinajstić information content (AvgIpc) is 3.36. The Morgan fingerprint density at radius 2 is 1.80 bits per heavy atom. The van der Waals surface area contributed by atoms with Crippen molar-refractivity contribution in [1.29, 1.82) is 0 Å². The standard InChI is InChI=1S/C28H31N3O4/c1-31(18-20-14-23(17-29-16-20)28(34)35-2)27(33)22-10-8-19(9-11-22)15-24-12-13-25(30-24)26(32)21-6-4-3-5-7-21/h3-11,14,16-17,24-26,30,32H,12-13,15,18H2,1-2H3. The minimum absolute atomic E-state index is 0.0454. The first-order valence-corrected chi connectivity index (χ1v) is 11.8. The minimum Gasteiger partial charge on any atom is -0.465 e. The lowest BCUT2D eigenvalue weighted by Crippen LogP contribution is -2.35. The van der Waals surface area contributed by atoms with Gasteiger partial charge in [-0.3, -0.25) is 9.78 Å². The summed E-state index contributed by atoms with van der Waals surface area (Å²) in [5.74, 6) is -0.563. The van der Waals surface area contributed by atoms with Crippen LogP contribution in [-0.2, 0) is 17.7 Å². The molecule has 2 N–H and O–H groups in total. The molecule has 4 rings (SSSR count). The van der Waals surface area contributed by atoms with Crippen LogP contribution in [0.25, 0.3) is 0 Å². The van der Waals surface area contributed by atoms with Gasteiger partial charge in [-0.2, -0.15) is 0 Å². The van der Waals surface area contributed by atoms with Crippen molar-refractivity contribution in [2.75, 3.05) is 14.2 Å². The van der Waals surface area contributed by atoms with E-state index in [1.165, 1.54) is 13.3 Å². The van der Waals surface area contributed by atoms with Gasteiger partial charge < -0.3 is 20.1 Å². The number of methoxy groups -OCH3 is 1. The summed E-state index contributed by atoms with van der Waals surface area (Å²) in [7, 11) is 3.05. The zero-order chi connectivity index (χ0) is 24.8. The first kappa shape index (κ1) is 24.6. The van der Waals surface area contributed by atoms with Gasteiger partial charge in [0.2, 0.25) is 0 Å². The molecule has 182 valence electrons. The third-order valence-electron chi connectivity index (χ3n) is 6.46. The third-order valence-corrected chi connectivity index (χ3v) is 6.46. The lowest BCUT2D eigenvalue weighted by atomic mass is 10.0. The van der Waals surface area contributed by atoms with Crippen LogP contribution < -0.4 is 5.32 Å². The Labute approximate surface area is 205 Å². The molecule has 3 unspecified atom stereocenters. The van der Waals surface area contributed by atoms with Gasteiger partial charge in [0, 0.05) is 43.6 Å². The monoisotopic (exact) mass is 473 g/mol. The second-order valence-corrected chi connectivity index (χ2v) is 9.04. The molecule has 0 radical (unpaired) electrons. The van der Waals surface area contributed by atoms with Crippen molar-refractivity contribution in [1.82, 2.24) is 15.2 Å². The summed E-state index contributed by atoms with van der Waals surface area (Å²) >= 11 is 0. The van der Waals surface area contributed by atoms with Crippen molar-refractivity contribution < 1.29 is 19.4 Å². The van der Waals surface area contributed by atoms with Gasteiger partial charge in [0.05, 0.1) is 18.8 Å². The summed E-state index contributed by atoms with van der Waals surface area (Å²) in [4.78, 5) is 30.3. The molecule has 1 aliphatic rings. The van der Waals surface area contributed by atoms with E-state index in [0.717, 1.165) is 36.0 Å². The lowest BCUT2D eigenvalue weighted by Gasteiger charge is -2.20. The van der Waals surface area contributed by atoms with Crippen LogP contribution in [0.1, 0.15) is 56.4 Å². The molecule has 35 heavy (non-hydrogen) atoms. The van der Waals surface area contributed by atoms with E-state index in [-0.39, 0.29) is 18.0 Å². The summed E-state index contributed by atoms with van der Waals surface area (Å²) < 4.78 is 4.73. The van der Waals surface area contributed by atoms with Crippen molar-refractivity contribution in [3.8, 4) is 0 Å². The molecular weight excluding hydrogens is 442 g/mol. The molecule has 7 nitrogen and oxygen atoms in total. The van der Waals surface area contributed by atoms with E-state index in [1.54, 1.807) is 24.2 Å². The van der Waals surface area contributed by atoms with E-state index in [4.69, 9.17) is 4.74 Å². The predicted molar refractivity (Wildman–Crippen MR) is 133 cm³/mol. The van der Waals surface area contributed by atoms with Gasteiger partial charge in [0.25, 0.3) is 5.91 Å². The van der Waals surface area contributed by atoms with Crippen LogP contribution in [0, 0.1) is 0 Å². The van der Waals surface area contributed by atoms with Crippen LogP contribution in [0.4, 0.5) is 0 Å². The average molecular weight is 474 g/mol. The zero-order valence-electron chi connectivity index (χ0n) is 20.1. The summed E-state index contributed by atoms with van der Waals surface area (Å²) in [5, 5.41) is 14.3. The molecule has 1 aromatic heterocycles. The maximum atomic E-state index is 12.9. The fourth-order valence-electron chi connectivity index (χ4n) is 4.58. The smallest absolute Gasteiger partial charge is 0.339 e. The topological polar surface area (TPSA) is 91.8 Å². The molecular formula is C28H31N3O4. The van der Waals surface area contributed by atoms with E-state index in [0.29, 0.717) is 17.7 Å². The fourth-order valence-corrected chi connectivity index (χ4v) is 4.58. The number of rotatable bonds is 8. The summed E-state index contributed by atoms with van der Waals surface area (Å²) in [5.41, 5.74) is 3.79. The Morgan fingerprint density at radius 1 is 1.06 bits per heavy atom. The molecule has 7 heteroatoms. The number of hydrogen-bond donors (Lipinski definition) is 2. The van der Waals surface area contributed by atoms with E-state index in [1.807, 2.05) is 54.6 Å². The van der Waals surface area contributed by atoms with Crippen LogP contribution in [0.15, 0.2) is 73.1 Å². The number of pyridine rings is 1. The molecule has 3 atom stereocenters. The van der Waals surface area contributed by atoms with Crippen molar-refractivity contribution in [2.45, 2.75) is 44.0 Å². The molecule has 3 aromatic rings. The van der Waals surface area contributed by atoms with Gasteiger partial charge in [-0.25, -0.2) is 4.79 Å². The number of nitrogens with one attached hydrogen (secondary N) is 1. The van der Waals surface area contributed by atoms with Gasteiger partial charge in [0.1, 0.15) is 0 Å². The molecule has 0 saturated carbocycles. The van der Waals surface area contributed by atoms with E-state index in [9.17, 15) is 14.7 Å². The summed E-state index contributed by atoms with van der Waals surface area (Å²) in [6.45, 7) is 0.329. The number of esters is 1. The maximum absolute atomic E-state index is 12.9. The van der Waals surface area contributed by atoms with Crippen molar-refractivity contribution in [3.05, 3.63) is 101 Å². The highest BCUT2D eigenvalue weighted by Gasteiger charge is 2.29. The Bertz CT molecular complexity index is 1150. The Hall–Kier alpha value is -3.55. The van der Waals surface area contributed by atoms with Crippen LogP contribution in [0.2, 0.25) is 0 Å². The largest absolute Gasteiger partial charge is 0.465 e. The van der Waals surface area contributed by atoms with Gasteiger partial charge in [-0.15, -0.1) is 0 Å². The van der Waals surface area contributed by atoms with Gasteiger partial charge in [0.15, 0.2) is 0 Å². The summed E-state index contributed by atoms with van der Waals surface area (Å²) in [6.07, 6.45) is 5.33. The fraction of sp³-hybridized carbons (Fsp3) is 0.321. The number of nitrogens with zero attached hydrogens (tertiary/aromatic N) is 2. The molecule has 1 aliphatic heterocycles. The second-order valence-electron chi connectivity index (χ2n) is 9.04. The quantitative estimate of drug-likeness (QED) is 0.487. The molecule has 1 fully saturated rings. The maximum Gasteiger partial charge on any atom is 0.339 e. The zero-order valence-corrected chi connectivity index (χ0v) is 20.1. The van der Waals surface area contributed by atoms with Crippen LogP contribution >= 0.6 is 0 Å². The Morgan fingerprint density at radius 3 is 2.51 bits per heavy atom. The Balaban J connectivity index is 1.31. The molecule has 0 aliphatic carbocycles. The van der Waals surface area contributed by atoms with Crippen molar-refractivity contribution in [3.63, 3.8) is 0 Å².